The lowest BCUT2D eigenvalue weighted by molar-refractivity contribution is 0.0600. The maximum atomic E-state index is 11.5. The Morgan fingerprint density at radius 1 is 1.24 bits per heavy atom. The monoisotopic (exact) mass is 321 g/mol. The third-order valence-electron chi connectivity index (χ3n) is 2.92. The van der Waals surface area contributed by atoms with Gasteiger partial charge in [-0.25, -0.2) is 14.3 Å². The summed E-state index contributed by atoms with van der Waals surface area (Å²) in [6.45, 7) is 0. The van der Waals surface area contributed by atoms with Gasteiger partial charge in [0.25, 0.3) is 0 Å². The van der Waals surface area contributed by atoms with Crippen molar-refractivity contribution in [3.63, 3.8) is 0 Å². The summed E-state index contributed by atoms with van der Waals surface area (Å²) >= 11 is 12.0. The zero-order valence-corrected chi connectivity index (χ0v) is 12.4. The van der Waals surface area contributed by atoms with Crippen LogP contribution in [-0.4, -0.2) is 27.7 Å². The Balaban J connectivity index is 2.10. The van der Waals surface area contributed by atoms with Crippen molar-refractivity contribution >= 4 is 34.8 Å². The van der Waals surface area contributed by atoms with Crippen LogP contribution in [0.1, 0.15) is 10.4 Å². The number of aromatic nitrogens is 3. The van der Waals surface area contributed by atoms with E-state index >= 15 is 0 Å². The molecule has 2 heterocycles. The van der Waals surface area contributed by atoms with Crippen molar-refractivity contribution in [1.82, 2.24) is 14.6 Å². The van der Waals surface area contributed by atoms with E-state index in [9.17, 15) is 4.79 Å². The van der Waals surface area contributed by atoms with Gasteiger partial charge in [0, 0.05) is 16.8 Å². The summed E-state index contributed by atoms with van der Waals surface area (Å²) in [6, 6.07) is 8.41. The topological polar surface area (TPSA) is 56.5 Å². The second-order valence-corrected chi connectivity index (χ2v) is 5.12. The third kappa shape index (κ3) is 2.57. The minimum absolute atomic E-state index is 0.392. The van der Waals surface area contributed by atoms with Gasteiger partial charge in [-0.1, -0.05) is 23.2 Å². The molecule has 0 aliphatic carbocycles. The van der Waals surface area contributed by atoms with Gasteiger partial charge in [0.05, 0.1) is 17.7 Å². The number of halogens is 2. The molecular weight excluding hydrogens is 313 g/mol. The molecule has 0 aliphatic rings. The normalized spacial score (nSPS) is 10.8. The molecule has 2 aromatic heterocycles. The summed E-state index contributed by atoms with van der Waals surface area (Å²) in [7, 11) is 1.33. The first-order valence-electron chi connectivity index (χ1n) is 5.98. The van der Waals surface area contributed by atoms with Crippen molar-refractivity contribution in [2.45, 2.75) is 0 Å². The van der Waals surface area contributed by atoms with Crippen LogP contribution in [0.25, 0.3) is 17.0 Å². The number of rotatable bonds is 2. The minimum Gasteiger partial charge on any atom is -0.465 e. The molecule has 0 aliphatic heterocycles. The van der Waals surface area contributed by atoms with E-state index in [0.717, 1.165) is 0 Å². The molecule has 7 heteroatoms. The van der Waals surface area contributed by atoms with Crippen LogP contribution in [0.3, 0.4) is 0 Å². The zero-order valence-electron chi connectivity index (χ0n) is 10.9. The van der Waals surface area contributed by atoms with Crippen LogP contribution in [0.15, 0.2) is 36.5 Å². The Morgan fingerprint density at radius 2 is 2.05 bits per heavy atom. The van der Waals surface area contributed by atoms with Crippen LogP contribution in [0, 0.1) is 0 Å². The minimum atomic E-state index is -0.432. The molecule has 0 radical (unpaired) electrons. The summed E-state index contributed by atoms with van der Waals surface area (Å²) in [5, 5.41) is 5.33. The van der Waals surface area contributed by atoms with E-state index in [-0.39, 0.29) is 0 Å². The van der Waals surface area contributed by atoms with Gasteiger partial charge >= 0.3 is 5.97 Å². The van der Waals surface area contributed by atoms with Crippen LogP contribution in [-0.2, 0) is 4.74 Å². The number of carbonyl (C=O) groups excluding carboxylic acids is 1. The van der Waals surface area contributed by atoms with E-state index < -0.39 is 5.97 Å². The summed E-state index contributed by atoms with van der Waals surface area (Å²) in [5.41, 5.74) is 1.66. The second kappa shape index (κ2) is 5.35. The quantitative estimate of drug-likeness (QED) is 0.678. The van der Waals surface area contributed by atoms with Gasteiger partial charge < -0.3 is 4.74 Å². The third-order valence-corrected chi connectivity index (χ3v) is 3.47. The number of hydrogen-bond donors (Lipinski definition) is 0. The molecule has 3 rings (SSSR count). The fourth-order valence-electron chi connectivity index (χ4n) is 1.91. The second-order valence-electron chi connectivity index (χ2n) is 4.27. The molecule has 0 atom stereocenters. The Bertz CT molecular complexity index is 845. The van der Waals surface area contributed by atoms with Crippen LogP contribution < -0.4 is 0 Å². The maximum absolute atomic E-state index is 11.5. The smallest absolute Gasteiger partial charge is 0.339 e. The Kier molecular flexibility index (Phi) is 3.53. The molecular formula is C14H9Cl2N3O2. The Labute approximate surface area is 130 Å². The molecule has 0 amide bonds. The SMILES string of the molecule is COC(=O)c1ccc2nc(-c3ccc(Cl)cc3Cl)nn2c1. The van der Waals surface area contributed by atoms with E-state index in [1.54, 1.807) is 36.5 Å². The van der Waals surface area contributed by atoms with Crippen LogP contribution >= 0.6 is 23.2 Å². The van der Waals surface area contributed by atoms with Crippen molar-refractivity contribution in [2.75, 3.05) is 7.11 Å². The highest BCUT2D eigenvalue weighted by atomic mass is 35.5. The molecule has 0 bridgehead atoms. The molecule has 0 saturated carbocycles. The van der Waals surface area contributed by atoms with Gasteiger partial charge in [-0.15, -0.1) is 5.10 Å². The Morgan fingerprint density at radius 3 is 2.76 bits per heavy atom. The van der Waals surface area contributed by atoms with Gasteiger partial charge in [0.2, 0.25) is 0 Å². The molecule has 21 heavy (non-hydrogen) atoms. The van der Waals surface area contributed by atoms with Gasteiger partial charge in [-0.05, 0) is 30.3 Å². The number of fused-ring (bicyclic) bond motifs is 1. The average molecular weight is 322 g/mol. The molecule has 0 N–H and O–H groups in total. The first kappa shape index (κ1) is 13.9. The number of carbonyl (C=O) groups is 1. The first-order valence-corrected chi connectivity index (χ1v) is 6.74. The number of pyridine rings is 1. The standard InChI is InChI=1S/C14H9Cl2N3O2/c1-21-14(20)8-2-5-12-17-13(18-19(12)7-8)10-4-3-9(15)6-11(10)16/h2-7H,1H3. The summed E-state index contributed by atoms with van der Waals surface area (Å²) < 4.78 is 6.18. The van der Waals surface area contributed by atoms with Crippen LogP contribution in [0.2, 0.25) is 10.0 Å². The van der Waals surface area contributed by atoms with E-state index in [1.165, 1.54) is 11.6 Å². The van der Waals surface area contributed by atoms with Gasteiger partial charge in [-0.2, -0.15) is 0 Å². The highest BCUT2D eigenvalue weighted by Crippen LogP contribution is 2.28. The van der Waals surface area contributed by atoms with Crippen molar-refractivity contribution in [3.05, 3.63) is 52.1 Å². The molecule has 0 unspecified atom stereocenters. The Hall–Kier alpha value is -2.11. The van der Waals surface area contributed by atoms with Crippen LogP contribution in [0.5, 0.6) is 0 Å². The maximum Gasteiger partial charge on any atom is 0.339 e. The van der Waals surface area contributed by atoms with E-state index in [2.05, 4.69) is 14.8 Å². The van der Waals surface area contributed by atoms with Gasteiger partial charge in [0.15, 0.2) is 11.5 Å². The predicted molar refractivity (Wildman–Crippen MR) is 79.8 cm³/mol. The van der Waals surface area contributed by atoms with Gasteiger partial charge in [0.1, 0.15) is 0 Å². The zero-order chi connectivity index (χ0) is 15.0. The lowest BCUT2D eigenvalue weighted by atomic mass is 10.2. The van der Waals surface area contributed by atoms with Crippen molar-refractivity contribution in [2.24, 2.45) is 0 Å². The number of esters is 1. The number of ether oxygens (including phenoxy) is 1. The highest BCUT2D eigenvalue weighted by Gasteiger charge is 2.12. The van der Waals surface area contributed by atoms with E-state index in [0.29, 0.717) is 32.6 Å². The molecule has 1 aromatic carbocycles. The molecule has 106 valence electrons. The molecule has 3 aromatic rings. The first-order chi connectivity index (χ1) is 10.1. The van der Waals surface area contributed by atoms with Crippen molar-refractivity contribution in [3.8, 4) is 11.4 Å². The number of hydrogen-bond acceptors (Lipinski definition) is 4. The summed E-state index contributed by atoms with van der Waals surface area (Å²) in [4.78, 5) is 15.9. The fourth-order valence-corrected chi connectivity index (χ4v) is 2.40. The molecule has 5 nitrogen and oxygen atoms in total. The average Bonchev–Trinajstić information content (AvgIpc) is 2.88. The molecule has 0 spiro atoms. The summed E-state index contributed by atoms with van der Waals surface area (Å²) in [6.07, 6.45) is 1.56. The largest absolute Gasteiger partial charge is 0.465 e. The van der Waals surface area contributed by atoms with Crippen molar-refractivity contribution in [1.29, 1.82) is 0 Å². The number of nitrogens with zero attached hydrogens (tertiary/aromatic N) is 3. The number of methoxy groups -OCH3 is 1. The lowest BCUT2D eigenvalue weighted by Crippen LogP contribution is -2.03. The molecule has 0 saturated heterocycles. The van der Waals surface area contributed by atoms with Crippen molar-refractivity contribution < 1.29 is 9.53 Å². The highest BCUT2D eigenvalue weighted by molar-refractivity contribution is 6.36. The lowest BCUT2D eigenvalue weighted by Gasteiger charge is -1.99. The predicted octanol–water partition coefficient (Wildman–Crippen LogP) is 3.49. The molecule has 0 fully saturated rings. The van der Waals surface area contributed by atoms with E-state index in [1.807, 2.05) is 0 Å². The summed E-state index contributed by atoms with van der Waals surface area (Å²) in [5.74, 6) is 0.0251. The van der Waals surface area contributed by atoms with E-state index in [4.69, 9.17) is 23.2 Å². The fraction of sp³-hybridized carbons (Fsp3) is 0.0714. The van der Waals surface area contributed by atoms with Gasteiger partial charge in [-0.3, -0.25) is 0 Å². The number of benzene rings is 1. The van der Waals surface area contributed by atoms with Crippen LogP contribution in [0.4, 0.5) is 0 Å².